The first kappa shape index (κ1) is 25.8. The Morgan fingerprint density at radius 1 is 1.28 bits per heavy atom. The van der Waals surface area contributed by atoms with E-state index in [2.05, 4.69) is 23.8 Å². The molecule has 7 nitrogen and oxygen atoms in total. The van der Waals surface area contributed by atoms with Crippen LogP contribution in [-0.4, -0.2) is 36.1 Å². The monoisotopic (exact) mass is 510 g/mol. The number of nitrogens with two attached hydrogens (primary N) is 1. The van der Waals surface area contributed by atoms with E-state index < -0.39 is 12.7 Å². The topological polar surface area (TPSA) is 88.3 Å². The highest BCUT2D eigenvalue weighted by Crippen LogP contribution is 2.43. The fraction of sp³-hybridized carbons (Fsp3) is 0.407. The molecule has 1 saturated carbocycles. The van der Waals surface area contributed by atoms with Gasteiger partial charge in [0.25, 0.3) is 5.91 Å². The summed E-state index contributed by atoms with van der Waals surface area (Å²) in [6.45, 7) is 7.47. The minimum Gasteiger partial charge on any atom is -0.401 e. The second-order valence-electron chi connectivity index (χ2n) is 9.18. The van der Waals surface area contributed by atoms with Crippen LogP contribution in [0.5, 0.6) is 0 Å². The molecule has 1 aliphatic carbocycles. The normalized spacial score (nSPS) is 20.9. The zero-order chi connectivity index (χ0) is 25.8. The Hall–Kier alpha value is -3.26. The summed E-state index contributed by atoms with van der Waals surface area (Å²) in [5.41, 5.74) is 11.1. The highest BCUT2D eigenvalue weighted by molar-refractivity contribution is 6.35. The lowest BCUT2D eigenvalue weighted by atomic mass is 9.98. The van der Waals surface area contributed by atoms with Gasteiger partial charge in [-0.3, -0.25) is 14.7 Å². The molecule has 0 radical (unpaired) electrons. The molecule has 1 unspecified atom stereocenters. The quantitative estimate of drug-likeness (QED) is 0.225. The fourth-order valence-electron chi connectivity index (χ4n) is 4.59. The van der Waals surface area contributed by atoms with Crippen molar-refractivity contribution >= 4 is 35.6 Å². The first-order valence-electron chi connectivity index (χ1n) is 12.3. The fourth-order valence-corrected chi connectivity index (χ4v) is 4.71. The van der Waals surface area contributed by atoms with Gasteiger partial charge in [0.15, 0.2) is 5.49 Å². The van der Waals surface area contributed by atoms with E-state index in [1.807, 2.05) is 25.1 Å². The van der Waals surface area contributed by atoms with Gasteiger partial charge in [-0.05, 0) is 61.4 Å². The first-order chi connectivity index (χ1) is 17.4. The molecule has 2 fully saturated rings. The van der Waals surface area contributed by atoms with Crippen LogP contribution in [-0.2, 0) is 11.3 Å². The van der Waals surface area contributed by atoms with Gasteiger partial charge in [-0.25, -0.2) is 4.39 Å². The van der Waals surface area contributed by atoms with Crippen LogP contribution in [0.15, 0.2) is 63.0 Å². The lowest BCUT2D eigenvalue weighted by Gasteiger charge is -2.26. The van der Waals surface area contributed by atoms with Gasteiger partial charge in [0.1, 0.15) is 12.7 Å². The van der Waals surface area contributed by atoms with E-state index in [4.69, 9.17) is 22.3 Å². The number of nitrogens with zero attached hydrogens (tertiary/aromatic N) is 5. The minimum atomic E-state index is -0.592. The zero-order valence-electron chi connectivity index (χ0n) is 20.8. The van der Waals surface area contributed by atoms with Gasteiger partial charge >= 0.3 is 0 Å². The van der Waals surface area contributed by atoms with Crippen LogP contribution in [0.3, 0.4) is 0 Å². The number of aliphatic imine (C=N–C) groups is 1. The maximum absolute atomic E-state index is 14.1. The Kier molecular flexibility index (Phi) is 8.04. The summed E-state index contributed by atoms with van der Waals surface area (Å²) in [4.78, 5) is 20.8. The summed E-state index contributed by atoms with van der Waals surface area (Å²) < 4.78 is 15.1. The molecule has 190 valence electrons. The van der Waals surface area contributed by atoms with Gasteiger partial charge in [-0.15, -0.1) is 5.10 Å². The smallest absolute Gasteiger partial charge is 0.262 e. The molecule has 1 aromatic heterocycles. The van der Waals surface area contributed by atoms with E-state index in [0.29, 0.717) is 39.7 Å². The largest absolute Gasteiger partial charge is 0.401 e. The third kappa shape index (κ3) is 5.14. The maximum atomic E-state index is 14.1. The first-order valence-corrected chi connectivity index (χ1v) is 12.7. The van der Waals surface area contributed by atoms with E-state index >= 15 is 0 Å². The van der Waals surface area contributed by atoms with Crippen LogP contribution >= 0.6 is 11.6 Å². The molecule has 4 rings (SSSR count). The summed E-state index contributed by atoms with van der Waals surface area (Å²) in [6, 6.07) is 8.80. The number of carbonyl (C=O) groups excluding carboxylic acids is 1. The average molecular weight is 511 g/mol. The van der Waals surface area contributed by atoms with Crippen LogP contribution in [0, 0.1) is 12.8 Å². The summed E-state index contributed by atoms with van der Waals surface area (Å²) >= 11 is 6.19. The molecule has 0 spiro atoms. The lowest BCUT2D eigenvalue weighted by molar-refractivity contribution is -0.114. The summed E-state index contributed by atoms with van der Waals surface area (Å²) in [7, 11) is 0. The number of unbranched alkanes of at least 4 members (excludes halogenated alkanes) is 1. The second-order valence-corrected chi connectivity index (χ2v) is 9.62. The number of allylic oxidation sites excluding steroid dienone is 1. The molecule has 2 N–H and O–H groups in total. The third-order valence-electron chi connectivity index (χ3n) is 6.54. The number of pyridine rings is 1. The van der Waals surface area contributed by atoms with Crippen molar-refractivity contribution in [2.75, 3.05) is 18.1 Å². The van der Waals surface area contributed by atoms with Gasteiger partial charge < -0.3 is 10.3 Å². The number of carbonyl (C=O) groups is 1. The Balaban J connectivity index is 1.96. The predicted molar refractivity (Wildman–Crippen MR) is 143 cm³/mol. The van der Waals surface area contributed by atoms with Crippen molar-refractivity contribution in [3.8, 4) is 0 Å². The number of halogens is 2. The van der Waals surface area contributed by atoms with Crippen LogP contribution in [0.2, 0.25) is 5.02 Å². The predicted octanol–water partition coefficient (Wildman–Crippen LogP) is 4.89. The molecule has 9 heteroatoms. The molecular formula is C27H32ClFN6O. The summed E-state index contributed by atoms with van der Waals surface area (Å²) in [5.74, 6) is -0.00322. The Bertz CT molecular complexity index is 1280. The molecule has 1 atom stereocenters. The van der Waals surface area contributed by atoms with E-state index in [1.54, 1.807) is 27.8 Å². The molecule has 2 heterocycles. The SMILES string of the molecule is C=N/N=c1/c(C)cc(N2C(=O)C(=C(N)C3CC3)C(=NCCCC)C2c2ccc(Cl)cc2)cn1CCF. The van der Waals surface area contributed by atoms with Crippen LogP contribution in [0.25, 0.3) is 0 Å². The van der Waals surface area contributed by atoms with Crippen LogP contribution in [0.4, 0.5) is 10.1 Å². The summed E-state index contributed by atoms with van der Waals surface area (Å²) in [5, 5.41) is 8.31. The Labute approximate surface area is 215 Å². The van der Waals surface area contributed by atoms with Crippen molar-refractivity contribution in [1.82, 2.24) is 4.57 Å². The number of aromatic nitrogens is 1. The zero-order valence-corrected chi connectivity index (χ0v) is 21.5. The van der Waals surface area contributed by atoms with Crippen LogP contribution < -0.4 is 16.1 Å². The van der Waals surface area contributed by atoms with E-state index in [0.717, 1.165) is 36.8 Å². The number of amides is 1. The average Bonchev–Trinajstić information content (AvgIpc) is 3.66. The minimum absolute atomic E-state index is 0.0705. The molecule has 0 bridgehead atoms. The Morgan fingerprint density at radius 2 is 2.00 bits per heavy atom. The number of hydrogen-bond donors (Lipinski definition) is 1. The number of rotatable bonds is 9. The van der Waals surface area contributed by atoms with E-state index in [1.165, 1.54) is 0 Å². The molecule has 2 aliphatic rings. The molecule has 1 aliphatic heterocycles. The van der Waals surface area contributed by atoms with Crippen molar-refractivity contribution in [2.45, 2.75) is 52.1 Å². The summed E-state index contributed by atoms with van der Waals surface area (Å²) in [6.07, 6.45) is 5.56. The van der Waals surface area contributed by atoms with Crippen molar-refractivity contribution in [2.24, 2.45) is 26.8 Å². The number of alkyl halides is 1. The second kappa shape index (κ2) is 11.2. The Morgan fingerprint density at radius 3 is 2.61 bits per heavy atom. The number of aryl methyl sites for hydroxylation is 2. The number of anilines is 1. The standard InChI is InChI=1S/C27H32ClFN6O/c1-4-5-13-32-24-22(23(30)18-6-7-18)27(36)35(25(24)19-8-10-20(28)11-9-19)21-15-17(2)26(33-31-3)34(16-21)14-12-29/h8-11,15-16,18,25H,3-7,12-14,30H2,1-2H3/b23-22?,32-24?,33-26-. The van der Waals surface area contributed by atoms with Crippen molar-refractivity contribution in [3.63, 3.8) is 0 Å². The molecule has 2 aromatic rings. The number of hydrogen-bond acceptors (Lipinski definition) is 5. The van der Waals surface area contributed by atoms with Crippen molar-refractivity contribution in [3.05, 3.63) is 69.4 Å². The van der Waals surface area contributed by atoms with Crippen LogP contribution in [0.1, 0.15) is 49.8 Å². The molecule has 1 aromatic carbocycles. The van der Waals surface area contributed by atoms with Gasteiger partial charge in [-0.1, -0.05) is 37.1 Å². The molecule has 1 amide bonds. The van der Waals surface area contributed by atoms with E-state index in [9.17, 15) is 9.18 Å². The highest BCUT2D eigenvalue weighted by Gasteiger charge is 2.46. The highest BCUT2D eigenvalue weighted by atomic mass is 35.5. The van der Waals surface area contributed by atoms with E-state index in [-0.39, 0.29) is 18.4 Å². The molecule has 1 saturated heterocycles. The molecule has 36 heavy (non-hydrogen) atoms. The van der Waals surface area contributed by atoms with Crippen molar-refractivity contribution < 1.29 is 9.18 Å². The molecular weight excluding hydrogens is 479 g/mol. The maximum Gasteiger partial charge on any atom is 0.262 e. The third-order valence-corrected chi connectivity index (χ3v) is 6.79. The van der Waals surface area contributed by atoms with Gasteiger partial charge in [0.05, 0.1) is 23.5 Å². The number of benzene rings is 1. The van der Waals surface area contributed by atoms with Gasteiger partial charge in [0, 0.05) is 30.2 Å². The van der Waals surface area contributed by atoms with Gasteiger partial charge in [0.2, 0.25) is 0 Å². The van der Waals surface area contributed by atoms with Gasteiger partial charge in [-0.2, -0.15) is 5.10 Å². The van der Waals surface area contributed by atoms with Crippen molar-refractivity contribution in [1.29, 1.82) is 0 Å². The lowest BCUT2D eigenvalue weighted by Crippen LogP contribution is -2.32.